The van der Waals surface area contributed by atoms with E-state index >= 15 is 0 Å². The summed E-state index contributed by atoms with van der Waals surface area (Å²) in [7, 11) is 0. The van der Waals surface area contributed by atoms with E-state index in [1.54, 1.807) is 0 Å². The number of aromatic amines is 1. The van der Waals surface area contributed by atoms with Crippen molar-refractivity contribution in [2.75, 3.05) is 0 Å². The predicted molar refractivity (Wildman–Crippen MR) is 44.4 cm³/mol. The van der Waals surface area contributed by atoms with E-state index in [4.69, 9.17) is 0 Å². The maximum absolute atomic E-state index is 4.13. The van der Waals surface area contributed by atoms with Crippen molar-refractivity contribution in [1.29, 1.82) is 0 Å². The van der Waals surface area contributed by atoms with Crippen LogP contribution in [0.3, 0.4) is 0 Å². The number of H-pyrrole nitrogens is 1. The first-order valence-electron chi connectivity index (χ1n) is 3.05. The fourth-order valence-corrected chi connectivity index (χ4v) is 1.23. The molecule has 1 radical (unpaired) electrons. The lowest BCUT2D eigenvalue weighted by atomic mass is 10.3. The lowest BCUT2D eigenvalue weighted by molar-refractivity contribution is 1.25. The lowest BCUT2D eigenvalue weighted by Gasteiger charge is -1.83. The Balaban J connectivity index is 2.88. The summed E-state index contributed by atoms with van der Waals surface area (Å²) in [5.41, 5.74) is 1.09. The predicted octanol–water partition coefficient (Wildman–Crippen LogP) is 2.26. The highest BCUT2D eigenvalue weighted by Crippen LogP contribution is 2.15. The molecule has 2 heteroatoms. The molecule has 49 valence electrons. The van der Waals surface area contributed by atoms with Gasteiger partial charge in [0.15, 0.2) is 0 Å². The molecule has 0 amide bonds. The van der Waals surface area contributed by atoms with Gasteiger partial charge in [0.05, 0.1) is 5.03 Å². The molecule has 1 heterocycles. The van der Waals surface area contributed by atoms with Crippen molar-refractivity contribution in [3.63, 3.8) is 0 Å². The van der Waals surface area contributed by atoms with Crippen LogP contribution >= 0.6 is 12.6 Å². The number of hydrogen-bond donors (Lipinski definition) is 2. The molecule has 0 atom stereocenters. The maximum Gasteiger partial charge on any atom is 0.0782 e. The van der Waals surface area contributed by atoms with Gasteiger partial charge in [-0.2, -0.15) is 0 Å². The van der Waals surface area contributed by atoms with Crippen molar-refractivity contribution in [1.82, 2.24) is 4.98 Å². The average molecular weight is 148 g/mol. The zero-order chi connectivity index (χ0) is 6.97. The summed E-state index contributed by atoms with van der Waals surface area (Å²) in [6.45, 7) is 0. The monoisotopic (exact) mass is 148 g/mol. The zero-order valence-corrected chi connectivity index (χ0v) is 6.15. The normalized spacial score (nSPS) is 10.5. The first-order valence-corrected chi connectivity index (χ1v) is 3.50. The van der Waals surface area contributed by atoms with E-state index in [1.165, 1.54) is 0 Å². The molecule has 0 aliphatic carbocycles. The van der Waals surface area contributed by atoms with E-state index in [0.29, 0.717) is 0 Å². The van der Waals surface area contributed by atoms with Crippen LogP contribution in [0.5, 0.6) is 0 Å². The Morgan fingerprint density at radius 1 is 1.30 bits per heavy atom. The van der Waals surface area contributed by atoms with Crippen molar-refractivity contribution < 1.29 is 0 Å². The smallest absolute Gasteiger partial charge is 0.0782 e. The van der Waals surface area contributed by atoms with Gasteiger partial charge in [-0.1, -0.05) is 18.2 Å². The first kappa shape index (κ1) is 5.86. The van der Waals surface area contributed by atoms with Crippen molar-refractivity contribution in [3.05, 3.63) is 30.3 Å². The van der Waals surface area contributed by atoms with Crippen LogP contribution in [-0.4, -0.2) is 4.98 Å². The van der Waals surface area contributed by atoms with Crippen molar-refractivity contribution in [2.24, 2.45) is 0 Å². The minimum atomic E-state index is 0.793. The molecule has 0 fully saturated rings. The third kappa shape index (κ3) is 0.809. The van der Waals surface area contributed by atoms with Crippen LogP contribution in [0, 0.1) is 6.07 Å². The molecule has 2 rings (SSSR count). The van der Waals surface area contributed by atoms with Crippen LogP contribution in [-0.2, 0) is 0 Å². The Kier molecular flexibility index (Phi) is 1.21. The van der Waals surface area contributed by atoms with Gasteiger partial charge in [0.1, 0.15) is 0 Å². The molecular weight excluding hydrogens is 142 g/mol. The maximum atomic E-state index is 4.13. The second kappa shape index (κ2) is 2.06. The standard InChI is InChI=1S/C8H6NS/c10-8-5-6-3-1-2-4-7(6)9-8/h1-4,9-10H. The van der Waals surface area contributed by atoms with Crippen molar-refractivity contribution in [3.8, 4) is 0 Å². The summed E-state index contributed by atoms with van der Waals surface area (Å²) in [5.74, 6) is 0. The molecule has 0 unspecified atom stereocenters. The van der Waals surface area contributed by atoms with Gasteiger partial charge < -0.3 is 4.98 Å². The third-order valence-corrected chi connectivity index (χ3v) is 1.66. The van der Waals surface area contributed by atoms with Gasteiger partial charge in [-0.05, 0) is 6.07 Å². The van der Waals surface area contributed by atoms with Gasteiger partial charge in [0, 0.05) is 17.0 Å². The first-order chi connectivity index (χ1) is 4.86. The summed E-state index contributed by atoms with van der Waals surface area (Å²) in [4.78, 5) is 3.07. The lowest BCUT2D eigenvalue weighted by Crippen LogP contribution is -1.63. The van der Waals surface area contributed by atoms with Gasteiger partial charge in [0.2, 0.25) is 0 Å². The number of nitrogens with one attached hydrogen (secondary N) is 1. The molecule has 0 bridgehead atoms. The molecule has 10 heavy (non-hydrogen) atoms. The molecule has 1 nitrogen and oxygen atoms in total. The quantitative estimate of drug-likeness (QED) is 0.533. The average Bonchev–Trinajstić information content (AvgIpc) is 2.27. The van der Waals surface area contributed by atoms with E-state index in [0.717, 1.165) is 15.9 Å². The second-order valence-electron chi connectivity index (χ2n) is 2.14. The Bertz CT molecular complexity index is 318. The number of thiol groups is 1. The fourth-order valence-electron chi connectivity index (χ4n) is 0.987. The van der Waals surface area contributed by atoms with Crippen LogP contribution in [0.4, 0.5) is 0 Å². The number of rotatable bonds is 0. The van der Waals surface area contributed by atoms with E-state index in [9.17, 15) is 0 Å². The zero-order valence-electron chi connectivity index (χ0n) is 5.26. The number of para-hydroxylation sites is 1. The fraction of sp³-hybridized carbons (Fsp3) is 0. The molecule has 1 aromatic heterocycles. The molecule has 0 spiro atoms. The summed E-state index contributed by atoms with van der Waals surface area (Å²) in [5, 5.41) is 1.88. The molecule has 1 N–H and O–H groups in total. The number of fused-ring (bicyclic) bond motifs is 1. The minimum Gasteiger partial charge on any atom is -0.349 e. The summed E-state index contributed by atoms with van der Waals surface area (Å²) < 4.78 is 0. The largest absolute Gasteiger partial charge is 0.349 e. The van der Waals surface area contributed by atoms with Crippen molar-refractivity contribution >= 4 is 23.5 Å². The Morgan fingerprint density at radius 3 is 2.90 bits per heavy atom. The molecule has 0 saturated carbocycles. The Morgan fingerprint density at radius 2 is 2.10 bits per heavy atom. The molecule has 1 aromatic carbocycles. The molecular formula is C8H6NS. The highest BCUT2D eigenvalue weighted by atomic mass is 32.1. The number of benzene rings is 1. The van der Waals surface area contributed by atoms with Crippen LogP contribution in [0.2, 0.25) is 0 Å². The van der Waals surface area contributed by atoms with Crippen molar-refractivity contribution in [2.45, 2.75) is 5.03 Å². The summed E-state index contributed by atoms with van der Waals surface area (Å²) in [6.07, 6.45) is 0. The Hall–Kier alpha value is -0.890. The second-order valence-corrected chi connectivity index (χ2v) is 2.59. The minimum absolute atomic E-state index is 0.793. The van der Waals surface area contributed by atoms with Gasteiger partial charge in [-0.25, -0.2) is 0 Å². The number of hydrogen-bond acceptors (Lipinski definition) is 1. The van der Waals surface area contributed by atoms with Gasteiger partial charge in [-0.15, -0.1) is 12.6 Å². The van der Waals surface area contributed by atoms with Crippen LogP contribution in [0.1, 0.15) is 0 Å². The summed E-state index contributed by atoms with van der Waals surface area (Å²) in [6, 6.07) is 11.1. The highest BCUT2D eigenvalue weighted by Gasteiger charge is 1.93. The van der Waals surface area contributed by atoms with E-state index in [-0.39, 0.29) is 0 Å². The number of aromatic nitrogens is 1. The van der Waals surface area contributed by atoms with Gasteiger partial charge in [-0.3, -0.25) is 0 Å². The van der Waals surface area contributed by atoms with Crippen LogP contribution in [0.15, 0.2) is 29.3 Å². The van der Waals surface area contributed by atoms with E-state index < -0.39 is 0 Å². The molecule has 0 saturated heterocycles. The van der Waals surface area contributed by atoms with Crippen LogP contribution in [0.25, 0.3) is 10.9 Å². The summed E-state index contributed by atoms with van der Waals surface area (Å²) >= 11 is 4.13. The van der Waals surface area contributed by atoms with Gasteiger partial charge >= 0.3 is 0 Å². The molecule has 0 aliphatic rings. The molecule has 0 aliphatic heterocycles. The SMILES string of the molecule is Sc1[c]c2ccccc2[nH]1. The van der Waals surface area contributed by atoms with E-state index in [2.05, 4.69) is 23.7 Å². The Labute approximate surface area is 64.5 Å². The molecule has 2 aromatic rings. The van der Waals surface area contributed by atoms with Crippen LogP contribution < -0.4 is 0 Å². The van der Waals surface area contributed by atoms with Gasteiger partial charge in [0.25, 0.3) is 0 Å². The topological polar surface area (TPSA) is 15.8 Å². The van der Waals surface area contributed by atoms with E-state index in [1.807, 2.05) is 24.3 Å². The highest BCUT2D eigenvalue weighted by molar-refractivity contribution is 7.80. The third-order valence-electron chi connectivity index (χ3n) is 1.43.